The lowest BCUT2D eigenvalue weighted by molar-refractivity contribution is -0.136. The first-order chi connectivity index (χ1) is 11.5. The van der Waals surface area contributed by atoms with Crippen LogP contribution in [0.2, 0.25) is 0 Å². The van der Waals surface area contributed by atoms with Gasteiger partial charge in [-0.2, -0.15) is 0 Å². The van der Waals surface area contributed by atoms with E-state index in [4.69, 9.17) is 9.47 Å². The highest BCUT2D eigenvalue weighted by molar-refractivity contribution is 5.80. The lowest BCUT2D eigenvalue weighted by Crippen LogP contribution is -2.38. The van der Waals surface area contributed by atoms with Gasteiger partial charge in [-0.15, -0.1) is 0 Å². The normalized spacial score (nSPS) is 20.4. The molecule has 3 atom stereocenters. The molecule has 7 heteroatoms. The summed E-state index contributed by atoms with van der Waals surface area (Å²) in [6, 6.07) is 3.12. The third kappa shape index (κ3) is 5.51. The monoisotopic (exact) mass is 343 g/mol. The van der Waals surface area contributed by atoms with Crippen molar-refractivity contribution >= 4 is 5.91 Å². The smallest absolute Gasteiger partial charge is 0.248 e. The molecule has 1 fully saturated rings. The highest BCUT2D eigenvalue weighted by Gasteiger charge is 2.20. The molecule has 3 unspecified atom stereocenters. The van der Waals surface area contributed by atoms with Crippen LogP contribution in [0.3, 0.4) is 0 Å². The molecule has 2 rings (SSSR count). The number of rotatable bonds is 7. The Labute approximate surface area is 140 Å². The van der Waals surface area contributed by atoms with Crippen molar-refractivity contribution in [3.05, 3.63) is 35.4 Å². The van der Waals surface area contributed by atoms with Crippen LogP contribution in [0, 0.1) is 11.6 Å². The highest BCUT2D eigenvalue weighted by atomic mass is 19.2. The number of halogens is 2. The Kier molecular flexibility index (Phi) is 7.08. The van der Waals surface area contributed by atoms with Gasteiger partial charge in [-0.25, -0.2) is 8.78 Å². The van der Waals surface area contributed by atoms with Crippen molar-refractivity contribution in [3.8, 4) is 0 Å². The third-order valence-electron chi connectivity index (χ3n) is 3.97. The number of amides is 1. The molecule has 5 nitrogen and oxygen atoms in total. The minimum atomic E-state index is -1.13. The second kappa shape index (κ2) is 9.05. The predicted octanol–water partition coefficient (Wildman–Crippen LogP) is 2.09. The number of aliphatic hydroxyl groups excluding tert-OH is 1. The minimum Gasteiger partial charge on any atom is -0.387 e. The number of hydrogen-bond acceptors (Lipinski definition) is 4. The molecule has 134 valence electrons. The second-order valence-corrected chi connectivity index (χ2v) is 5.90. The van der Waals surface area contributed by atoms with E-state index in [1.807, 2.05) is 0 Å². The molecule has 0 aliphatic carbocycles. The molecule has 1 heterocycles. The van der Waals surface area contributed by atoms with Crippen LogP contribution in [-0.4, -0.2) is 43.0 Å². The number of ether oxygens (including phenoxy) is 2. The number of hydrogen-bond donors (Lipinski definition) is 2. The summed E-state index contributed by atoms with van der Waals surface area (Å²) in [6.07, 6.45) is 1.26. The zero-order valence-corrected chi connectivity index (χ0v) is 13.6. The summed E-state index contributed by atoms with van der Waals surface area (Å²) in [5.74, 6) is -2.41. The number of carbonyl (C=O) groups excluding carboxylic acids is 1. The van der Waals surface area contributed by atoms with E-state index in [9.17, 15) is 18.7 Å². The van der Waals surface area contributed by atoms with Gasteiger partial charge in [-0.05, 0) is 43.9 Å². The Balaban J connectivity index is 1.73. The fraction of sp³-hybridized carbons (Fsp3) is 0.588. The first-order valence-electron chi connectivity index (χ1n) is 8.11. The van der Waals surface area contributed by atoms with Crippen LogP contribution in [-0.2, 0) is 14.3 Å². The van der Waals surface area contributed by atoms with Gasteiger partial charge in [0.15, 0.2) is 11.6 Å². The van der Waals surface area contributed by atoms with Crippen LogP contribution in [0.1, 0.15) is 37.9 Å². The molecule has 0 bridgehead atoms. The first kappa shape index (κ1) is 18.8. The van der Waals surface area contributed by atoms with Gasteiger partial charge in [0.05, 0.1) is 18.8 Å². The topological polar surface area (TPSA) is 67.8 Å². The summed E-state index contributed by atoms with van der Waals surface area (Å²) in [6.45, 7) is 2.56. The number of benzene rings is 1. The molecule has 1 aliphatic heterocycles. The van der Waals surface area contributed by atoms with Crippen LogP contribution in [0.5, 0.6) is 0 Å². The fourth-order valence-corrected chi connectivity index (χ4v) is 2.44. The maximum atomic E-state index is 13.1. The molecule has 1 aromatic rings. The van der Waals surface area contributed by atoms with E-state index >= 15 is 0 Å². The number of carbonyl (C=O) groups is 1. The Morgan fingerprint density at radius 2 is 2.21 bits per heavy atom. The maximum absolute atomic E-state index is 13.1. The van der Waals surface area contributed by atoms with E-state index in [2.05, 4.69) is 5.32 Å². The van der Waals surface area contributed by atoms with Gasteiger partial charge in [0, 0.05) is 13.2 Å². The summed E-state index contributed by atoms with van der Waals surface area (Å²) >= 11 is 0. The summed E-state index contributed by atoms with van der Waals surface area (Å²) < 4.78 is 37.0. The summed E-state index contributed by atoms with van der Waals surface area (Å²) in [7, 11) is 0. The van der Waals surface area contributed by atoms with Gasteiger partial charge in [-0.1, -0.05) is 6.07 Å². The van der Waals surface area contributed by atoms with Crippen LogP contribution in [0.25, 0.3) is 0 Å². The van der Waals surface area contributed by atoms with Crippen molar-refractivity contribution in [2.24, 2.45) is 0 Å². The third-order valence-corrected chi connectivity index (χ3v) is 3.97. The fourth-order valence-electron chi connectivity index (χ4n) is 2.44. The molecule has 1 aromatic carbocycles. The van der Waals surface area contributed by atoms with Gasteiger partial charge >= 0.3 is 0 Å². The summed E-state index contributed by atoms with van der Waals surface area (Å²) in [4.78, 5) is 12.0. The quantitative estimate of drug-likeness (QED) is 0.795. The van der Waals surface area contributed by atoms with Crippen molar-refractivity contribution in [2.45, 2.75) is 44.5 Å². The van der Waals surface area contributed by atoms with Gasteiger partial charge < -0.3 is 19.9 Å². The van der Waals surface area contributed by atoms with E-state index in [1.165, 1.54) is 6.07 Å². The van der Waals surface area contributed by atoms with Gasteiger partial charge in [0.25, 0.3) is 0 Å². The lowest BCUT2D eigenvalue weighted by Gasteiger charge is -2.24. The number of nitrogens with one attached hydrogen (secondary N) is 1. The predicted molar refractivity (Wildman–Crippen MR) is 83.3 cm³/mol. The molecule has 1 aliphatic rings. The van der Waals surface area contributed by atoms with E-state index in [-0.39, 0.29) is 24.1 Å². The van der Waals surface area contributed by atoms with Crippen molar-refractivity contribution in [2.75, 3.05) is 19.8 Å². The second-order valence-electron chi connectivity index (χ2n) is 5.90. The molecule has 0 saturated carbocycles. The Morgan fingerprint density at radius 1 is 1.42 bits per heavy atom. The first-order valence-corrected chi connectivity index (χ1v) is 8.11. The van der Waals surface area contributed by atoms with Gasteiger partial charge in [-0.3, -0.25) is 4.79 Å². The molecule has 0 radical (unpaired) electrons. The van der Waals surface area contributed by atoms with E-state index < -0.39 is 23.8 Å². The highest BCUT2D eigenvalue weighted by Crippen LogP contribution is 2.16. The average Bonchev–Trinajstić information content (AvgIpc) is 2.60. The largest absolute Gasteiger partial charge is 0.387 e. The molecular weight excluding hydrogens is 320 g/mol. The Morgan fingerprint density at radius 3 is 2.88 bits per heavy atom. The summed E-state index contributed by atoms with van der Waals surface area (Å²) in [5.41, 5.74) is 0.193. The van der Waals surface area contributed by atoms with Crippen LogP contribution < -0.4 is 5.32 Å². The van der Waals surface area contributed by atoms with E-state index in [0.29, 0.717) is 6.61 Å². The van der Waals surface area contributed by atoms with Crippen LogP contribution in [0.15, 0.2) is 18.2 Å². The molecule has 0 aromatic heterocycles. The standard InChI is InChI=1S/C17H23F2NO4/c1-11(24-10-13-4-2-3-7-23-13)17(22)20-9-16(21)12-5-6-14(18)15(19)8-12/h5-6,8,11,13,16,21H,2-4,7,9-10H2,1H3,(H,20,22). The molecule has 0 spiro atoms. The average molecular weight is 343 g/mol. The Bertz CT molecular complexity index is 549. The number of aliphatic hydroxyl groups is 1. The Hall–Kier alpha value is -1.57. The molecule has 1 amide bonds. The van der Waals surface area contributed by atoms with E-state index in [0.717, 1.165) is 38.0 Å². The van der Waals surface area contributed by atoms with Crippen LogP contribution in [0.4, 0.5) is 8.78 Å². The molecular formula is C17H23F2NO4. The van der Waals surface area contributed by atoms with Crippen LogP contribution >= 0.6 is 0 Å². The van der Waals surface area contributed by atoms with E-state index in [1.54, 1.807) is 6.92 Å². The summed E-state index contributed by atoms with van der Waals surface area (Å²) in [5, 5.41) is 12.5. The lowest BCUT2D eigenvalue weighted by atomic mass is 10.1. The zero-order chi connectivity index (χ0) is 17.5. The van der Waals surface area contributed by atoms with Crippen molar-refractivity contribution in [1.29, 1.82) is 0 Å². The SMILES string of the molecule is CC(OCC1CCCCO1)C(=O)NCC(O)c1ccc(F)c(F)c1. The zero-order valence-electron chi connectivity index (χ0n) is 13.6. The minimum absolute atomic E-state index is 0.0155. The van der Waals surface area contributed by atoms with Gasteiger partial charge in [0.2, 0.25) is 5.91 Å². The van der Waals surface area contributed by atoms with Gasteiger partial charge in [0.1, 0.15) is 6.10 Å². The maximum Gasteiger partial charge on any atom is 0.248 e. The van der Waals surface area contributed by atoms with Crippen molar-refractivity contribution in [1.82, 2.24) is 5.32 Å². The van der Waals surface area contributed by atoms with Crippen molar-refractivity contribution < 1.29 is 28.2 Å². The molecule has 24 heavy (non-hydrogen) atoms. The molecule has 2 N–H and O–H groups in total. The molecule has 1 saturated heterocycles. The van der Waals surface area contributed by atoms with Crippen molar-refractivity contribution in [3.63, 3.8) is 0 Å².